The van der Waals surface area contributed by atoms with Gasteiger partial charge in [-0.15, -0.1) is 11.3 Å². The van der Waals surface area contributed by atoms with Gasteiger partial charge in [-0.25, -0.2) is 13.4 Å². The summed E-state index contributed by atoms with van der Waals surface area (Å²) in [5.74, 6) is -1.23. The van der Waals surface area contributed by atoms with Gasteiger partial charge < -0.3 is 9.67 Å². The quantitative estimate of drug-likeness (QED) is 0.658. The lowest BCUT2D eigenvalue weighted by Gasteiger charge is -2.27. The summed E-state index contributed by atoms with van der Waals surface area (Å²) in [5.41, 5.74) is 0.151. The fourth-order valence-corrected chi connectivity index (χ4v) is 5.61. The molecule has 0 atom stereocenters. The SMILES string of the molecule is CN1C(C(=O)Nc2nccs2)=C(O)c2c(c3c(Cl)cccc3n2C)S1(=O)=O. The van der Waals surface area contributed by atoms with Crippen molar-refractivity contribution in [3.63, 3.8) is 0 Å². The maximum atomic E-state index is 13.2. The van der Waals surface area contributed by atoms with Crippen molar-refractivity contribution in [1.29, 1.82) is 0 Å². The number of rotatable bonds is 2. The Hall–Kier alpha value is -2.56. The zero-order valence-electron chi connectivity index (χ0n) is 14.1. The van der Waals surface area contributed by atoms with E-state index >= 15 is 0 Å². The number of sulfonamides is 1. The first kappa shape index (κ1) is 17.8. The molecule has 140 valence electrons. The van der Waals surface area contributed by atoms with Crippen LogP contribution in [0.1, 0.15) is 5.69 Å². The third kappa shape index (κ3) is 2.44. The lowest BCUT2D eigenvalue weighted by Crippen LogP contribution is -2.37. The maximum Gasteiger partial charge on any atom is 0.278 e. The van der Waals surface area contributed by atoms with Crippen LogP contribution in [0, 0.1) is 0 Å². The van der Waals surface area contributed by atoms with E-state index in [-0.39, 0.29) is 26.4 Å². The first-order valence-corrected chi connectivity index (χ1v) is 10.3. The van der Waals surface area contributed by atoms with E-state index in [1.54, 1.807) is 30.6 Å². The molecule has 0 radical (unpaired) electrons. The van der Waals surface area contributed by atoms with Crippen molar-refractivity contribution < 1.29 is 18.3 Å². The van der Waals surface area contributed by atoms with Gasteiger partial charge in [0.25, 0.3) is 15.9 Å². The zero-order chi connectivity index (χ0) is 19.5. The van der Waals surface area contributed by atoms with Gasteiger partial charge in [0, 0.05) is 31.1 Å². The Kier molecular flexibility index (Phi) is 3.95. The van der Waals surface area contributed by atoms with Crippen molar-refractivity contribution in [3.05, 3.63) is 46.2 Å². The van der Waals surface area contributed by atoms with E-state index in [2.05, 4.69) is 10.3 Å². The highest BCUT2D eigenvalue weighted by Crippen LogP contribution is 2.43. The molecule has 1 amide bonds. The number of aryl methyl sites for hydroxylation is 1. The lowest BCUT2D eigenvalue weighted by molar-refractivity contribution is -0.113. The van der Waals surface area contributed by atoms with Crippen LogP contribution in [0.4, 0.5) is 5.13 Å². The predicted molar refractivity (Wildman–Crippen MR) is 103 cm³/mol. The molecule has 2 N–H and O–H groups in total. The van der Waals surface area contributed by atoms with E-state index in [4.69, 9.17) is 11.6 Å². The summed E-state index contributed by atoms with van der Waals surface area (Å²) in [6.07, 6.45) is 1.50. The predicted octanol–water partition coefficient (Wildman–Crippen LogP) is 2.79. The minimum absolute atomic E-state index is 0.0143. The van der Waals surface area contributed by atoms with Gasteiger partial charge in [0.05, 0.1) is 10.5 Å². The molecular weight excluding hydrogens is 412 g/mol. The molecule has 8 nitrogen and oxygen atoms in total. The molecule has 0 fully saturated rings. The number of halogens is 1. The molecule has 3 heterocycles. The number of benzene rings is 1. The Balaban J connectivity index is 2.01. The van der Waals surface area contributed by atoms with Crippen LogP contribution in [0.25, 0.3) is 16.7 Å². The van der Waals surface area contributed by atoms with Crippen LogP contribution >= 0.6 is 22.9 Å². The number of aromatic nitrogens is 2. The largest absolute Gasteiger partial charge is 0.504 e. The van der Waals surface area contributed by atoms with Crippen LogP contribution in [0.5, 0.6) is 0 Å². The Bertz CT molecular complexity index is 1230. The molecule has 2 aromatic heterocycles. The molecule has 4 rings (SSSR count). The summed E-state index contributed by atoms with van der Waals surface area (Å²) >= 11 is 7.42. The van der Waals surface area contributed by atoms with E-state index in [1.165, 1.54) is 29.1 Å². The molecule has 1 aliphatic rings. The molecule has 11 heteroatoms. The number of amides is 1. The van der Waals surface area contributed by atoms with Gasteiger partial charge in [-0.1, -0.05) is 17.7 Å². The first-order valence-electron chi connectivity index (χ1n) is 7.65. The van der Waals surface area contributed by atoms with E-state index < -0.39 is 21.7 Å². The van der Waals surface area contributed by atoms with E-state index in [0.717, 1.165) is 4.31 Å². The number of hydrogen-bond acceptors (Lipinski definition) is 6. The number of carbonyl (C=O) groups is 1. The summed E-state index contributed by atoms with van der Waals surface area (Å²) in [7, 11) is -1.31. The van der Waals surface area contributed by atoms with Gasteiger partial charge in [-0.05, 0) is 12.1 Å². The van der Waals surface area contributed by atoms with Crippen LogP contribution in [-0.2, 0) is 21.9 Å². The minimum Gasteiger partial charge on any atom is -0.504 e. The fourth-order valence-electron chi connectivity index (χ4n) is 3.14. The number of hydrogen-bond donors (Lipinski definition) is 2. The molecule has 0 unspecified atom stereocenters. The monoisotopic (exact) mass is 424 g/mol. The fraction of sp³-hybridized carbons (Fsp3) is 0.125. The Morgan fingerprint density at radius 3 is 2.74 bits per heavy atom. The van der Waals surface area contributed by atoms with Crippen molar-refractivity contribution in [2.24, 2.45) is 7.05 Å². The number of nitrogens with zero attached hydrogens (tertiary/aromatic N) is 3. The molecule has 3 aromatic rings. The van der Waals surface area contributed by atoms with Crippen LogP contribution < -0.4 is 5.32 Å². The highest BCUT2D eigenvalue weighted by molar-refractivity contribution is 7.89. The second kappa shape index (κ2) is 5.98. The average molecular weight is 425 g/mol. The summed E-state index contributed by atoms with van der Waals surface area (Å²) in [4.78, 5) is 16.5. The van der Waals surface area contributed by atoms with Crippen LogP contribution in [-0.4, -0.2) is 40.3 Å². The van der Waals surface area contributed by atoms with Crippen molar-refractivity contribution in [3.8, 4) is 0 Å². The Morgan fingerprint density at radius 2 is 2.07 bits per heavy atom. The molecule has 1 aliphatic heterocycles. The first-order chi connectivity index (χ1) is 12.7. The molecule has 1 aromatic carbocycles. The molecule has 0 bridgehead atoms. The highest BCUT2D eigenvalue weighted by atomic mass is 35.5. The van der Waals surface area contributed by atoms with E-state index in [9.17, 15) is 18.3 Å². The topological polar surface area (TPSA) is 105 Å². The third-order valence-electron chi connectivity index (χ3n) is 4.38. The maximum absolute atomic E-state index is 13.2. The van der Waals surface area contributed by atoms with Crippen molar-refractivity contribution in [2.75, 3.05) is 12.4 Å². The minimum atomic E-state index is -4.12. The molecule has 0 saturated carbocycles. The number of aliphatic hydroxyl groups excluding tert-OH is 1. The van der Waals surface area contributed by atoms with Crippen molar-refractivity contribution in [1.82, 2.24) is 13.9 Å². The molecule has 0 saturated heterocycles. The average Bonchev–Trinajstić information content (AvgIpc) is 3.21. The van der Waals surface area contributed by atoms with Crippen molar-refractivity contribution in [2.45, 2.75) is 4.90 Å². The number of anilines is 1. The van der Waals surface area contributed by atoms with E-state index in [1.807, 2.05) is 0 Å². The summed E-state index contributed by atoms with van der Waals surface area (Å²) in [5, 5.41) is 15.8. The highest BCUT2D eigenvalue weighted by Gasteiger charge is 2.42. The smallest absolute Gasteiger partial charge is 0.278 e. The standard InChI is InChI=1S/C16H13ClN4O4S2/c1-20-9-5-3-4-8(17)10(9)14-11(20)13(22)12(21(2)27(14,24)25)15(23)19-16-18-6-7-26-16/h3-7,22H,1-2H3,(H,18,19,23). The second-order valence-electron chi connectivity index (χ2n) is 5.83. The number of fused-ring (bicyclic) bond motifs is 3. The lowest BCUT2D eigenvalue weighted by atomic mass is 10.2. The normalized spacial score (nSPS) is 15.9. The van der Waals surface area contributed by atoms with Gasteiger partial charge in [-0.2, -0.15) is 0 Å². The zero-order valence-corrected chi connectivity index (χ0v) is 16.5. The van der Waals surface area contributed by atoms with Crippen molar-refractivity contribution >= 4 is 60.7 Å². The van der Waals surface area contributed by atoms with Gasteiger partial charge >= 0.3 is 0 Å². The Morgan fingerprint density at radius 1 is 1.33 bits per heavy atom. The third-order valence-corrected chi connectivity index (χ3v) is 7.20. The number of thiazole rings is 1. The van der Waals surface area contributed by atoms with Crippen LogP contribution in [0.3, 0.4) is 0 Å². The molecule has 0 aliphatic carbocycles. The molecule has 27 heavy (non-hydrogen) atoms. The van der Waals surface area contributed by atoms with Crippen LogP contribution in [0.15, 0.2) is 40.4 Å². The number of likely N-dealkylation sites (N-methyl/N-ethyl adjacent to an activating group) is 1. The molecular formula is C16H13ClN4O4S2. The summed E-state index contributed by atoms with van der Waals surface area (Å²) < 4.78 is 28.6. The van der Waals surface area contributed by atoms with E-state index in [0.29, 0.717) is 10.9 Å². The Labute approximate surface area is 163 Å². The summed E-state index contributed by atoms with van der Waals surface area (Å²) in [6.45, 7) is 0. The van der Waals surface area contributed by atoms with Crippen LogP contribution in [0.2, 0.25) is 5.02 Å². The van der Waals surface area contributed by atoms with Gasteiger partial charge in [-0.3, -0.25) is 14.4 Å². The number of nitrogens with one attached hydrogen (secondary N) is 1. The van der Waals surface area contributed by atoms with Gasteiger partial charge in [0.1, 0.15) is 10.6 Å². The second-order valence-corrected chi connectivity index (χ2v) is 9.04. The molecule has 0 spiro atoms. The number of carbonyl (C=O) groups excluding carboxylic acids is 1. The summed E-state index contributed by atoms with van der Waals surface area (Å²) in [6, 6.07) is 4.95. The van der Waals surface area contributed by atoms with Gasteiger partial charge in [0.15, 0.2) is 16.6 Å². The number of aliphatic hydroxyl groups is 1. The van der Waals surface area contributed by atoms with Gasteiger partial charge in [0.2, 0.25) is 0 Å².